The molecule has 3 aromatic carbocycles. The zero-order chi connectivity index (χ0) is 36.3. The number of piperidine rings is 1. The largest absolute Gasteiger partial charge is 0.508 e. The molecule has 1 aliphatic heterocycles. The second-order valence-electron chi connectivity index (χ2n) is 12.7. The molecule has 3 aromatic rings. The zero-order valence-electron chi connectivity index (χ0n) is 29.5. The number of ether oxygens (including phenoxy) is 1. The van der Waals surface area contributed by atoms with E-state index in [1.165, 1.54) is 0 Å². The summed E-state index contributed by atoms with van der Waals surface area (Å²) in [5.41, 5.74) is 3.55. The standard InChI is InChI=1S/C39H53N5O7/c45-27-25-41(26-28-46)31-38(49)42(30-32-16-18-34(47)19-17-32)22-9-2-8-21-40-37(48)20-29-51-39(50)44(43-23-10-3-11-24-43)36-15-7-6-14-35(36)33-12-4-1-5-13-33/h1,4-7,12-19,45-47H,2-3,8-11,20-31H2,(H,40,48). The molecule has 1 fully saturated rings. The Morgan fingerprint density at radius 1 is 0.784 bits per heavy atom. The number of hydrogen-bond donors (Lipinski definition) is 4. The van der Waals surface area contributed by atoms with Crippen LogP contribution in [0, 0.1) is 0 Å². The number of carbonyl (C=O) groups excluding carboxylic acids is 3. The second kappa shape index (κ2) is 21.7. The topological polar surface area (TPSA) is 146 Å². The van der Waals surface area contributed by atoms with Gasteiger partial charge in [-0.15, -0.1) is 0 Å². The van der Waals surface area contributed by atoms with Crippen molar-refractivity contribution in [1.29, 1.82) is 0 Å². The van der Waals surface area contributed by atoms with E-state index >= 15 is 0 Å². The lowest BCUT2D eigenvalue weighted by Gasteiger charge is -2.37. The number of anilines is 1. The highest BCUT2D eigenvalue weighted by atomic mass is 16.6. The van der Waals surface area contributed by atoms with E-state index in [4.69, 9.17) is 4.74 Å². The summed E-state index contributed by atoms with van der Waals surface area (Å²) in [4.78, 5) is 42.9. The predicted molar refractivity (Wildman–Crippen MR) is 197 cm³/mol. The van der Waals surface area contributed by atoms with Crippen molar-refractivity contribution in [3.05, 3.63) is 84.4 Å². The first-order chi connectivity index (χ1) is 24.9. The number of unbranched alkanes of at least 4 members (excludes halogenated alkanes) is 2. The fourth-order valence-corrected chi connectivity index (χ4v) is 6.13. The molecule has 0 aliphatic carbocycles. The molecule has 51 heavy (non-hydrogen) atoms. The van der Waals surface area contributed by atoms with Gasteiger partial charge in [-0.3, -0.25) is 14.5 Å². The molecule has 0 bridgehead atoms. The van der Waals surface area contributed by atoms with Gasteiger partial charge in [0.05, 0.1) is 31.9 Å². The number of amides is 3. The molecule has 1 saturated heterocycles. The van der Waals surface area contributed by atoms with E-state index in [-0.39, 0.29) is 63.4 Å². The van der Waals surface area contributed by atoms with Crippen LogP contribution in [0.15, 0.2) is 78.9 Å². The molecule has 0 radical (unpaired) electrons. The van der Waals surface area contributed by atoms with Crippen LogP contribution in [0.3, 0.4) is 0 Å². The smallest absolute Gasteiger partial charge is 0.429 e. The average molecular weight is 704 g/mol. The lowest BCUT2D eigenvalue weighted by Crippen LogP contribution is -2.49. The first kappa shape index (κ1) is 39.3. The van der Waals surface area contributed by atoms with Crippen molar-refractivity contribution in [1.82, 2.24) is 20.1 Å². The van der Waals surface area contributed by atoms with Gasteiger partial charge in [-0.1, -0.05) is 67.1 Å². The maximum Gasteiger partial charge on any atom is 0.429 e. The van der Waals surface area contributed by atoms with E-state index in [0.717, 1.165) is 61.2 Å². The average Bonchev–Trinajstić information content (AvgIpc) is 3.14. The molecule has 0 saturated carbocycles. The van der Waals surface area contributed by atoms with Gasteiger partial charge in [0.25, 0.3) is 0 Å². The van der Waals surface area contributed by atoms with Gasteiger partial charge >= 0.3 is 6.09 Å². The number of para-hydroxylation sites is 1. The number of phenolic OH excluding ortho intramolecular Hbond substituents is 1. The summed E-state index contributed by atoms with van der Waals surface area (Å²) in [6.07, 6.45) is 4.84. The predicted octanol–water partition coefficient (Wildman–Crippen LogP) is 4.40. The Balaban J connectivity index is 1.23. The van der Waals surface area contributed by atoms with Crippen molar-refractivity contribution in [3.63, 3.8) is 0 Å². The van der Waals surface area contributed by atoms with Crippen molar-refractivity contribution in [2.75, 3.05) is 70.6 Å². The van der Waals surface area contributed by atoms with Crippen LogP contribution in [0.4, 0.5) is 10.5 Å². The number of aliphatic hydroxyl groups excluding tert-OH is 2. The second-order valence-corrected chi connectivity index (χ2v) is 12.7. The van der Waals surface area contributed by atoms with Crippen LogP contribution >= 0.6 is 0 Å². The van der Waals surface area contributed by atoms with Gasteiger partial charge in [0, 0.05) is 51.4 Å². The van der Waals surface area contributed by atoms with Crippen LogP contribution in [-0.4, -0.2) is 114 Å². The highest BCUT2D eigenvalue weighted by Crippen LogP contribution is 2.33. The van der Waals surface area contributed by atoms with Crippen LogP contribution in [-0.2, 0) is 20.9 Å². The molecule has 4 rings (SSSR count). The number of aliphatic hydroxyl groups is 2. The molecule has 0 atom stereocenters. The van der Waals surface area contributed by atoms with E-state index in [0.29, 0.717) is 32.5 Å². The quantitative estimate of drug-likeness (QED) is 0.126. The lowest BCUT2D eigenvalue weighted by molar-refractivity contribution is -0.133. The normalized spacial score (nSPS) is 13.2. The molecule has 4 N–H and O–H groups in total. The van der Waals surface area contributed by atoms with Gasteiger partial charge in [0.2, 0.25) is 11.8 Å². The number of nitrogens with one attached hydrogen (secondary N) is 1. The highest BCUT2D eigenvalue weighted by Gasteiger charge is 2.28. The Hall–Kier alpha value is -4.49. The number of hydrogen-bond acceptors (Lipinski definition) is 9. The first-order valence-corrected chi connectivity index (χ1v) is 18.0. The Labute approximate surface area is 301 Å². The van der Waals surface area contributed by atoms with Crippen molar-refractivity contribution in [2.45, 2.75) is 51.5 Å². The summed E-state index contributed by atoms with van der Waals surface area (Å²) in [6, 6.07) is 24.5. The molecular weight excluding hydrogens is 650 g/mol. The Kier molecular flexibility index (Phi) is 16.7. The van der Waals surface area contributed by atoms with E-state index in [9.17, 15) is 29.7 Å². The number of nitrogens with zero attached hydrogens (tertiary/aromatic N) is 4. The summed E-state index contributed by atoms with van der Waals surface area (Å²) in [7, 11) is 0. The van der Waals surface area contributed by atoms with E-state index in [2.05, 4.69) is 5.32 Å². The summed E-state index contributed by atoms with van der Waals surface area (Å²) >= 11 is 0. The van der Waals surface area contributed by atoms with Crippen LogP contribution in [0.1, 0.15) is 50.5 Å². The molecule has 1 heterocycles. The maximum atomic E-state index is 13.6. The first-order valence-electron chi connectivity index (χ1n) is 18.0. The molecule has 1 aliphatic rings. The van der Waals surface area contributed by atoms with E-state index < -0.39 is 6.09 Å². The number of rotatable bonds is 20. The molecule has 0 spiro atoms. The molecule has 12 nitrogen and oxygen atoms in total. The van der Waals surface area contributed by atoms with Crippen molar-refractivity contribution in [2.24, 2.45) is 0 Å². The van der Waals surface area contributed by atoms with Gasteiger partial charge in [-0.25, -0.2) is 14.8 Å². The molecule has 0 unspecified atom stereocenters. The van der Waals surface area contributed by atoms with Gasteiger partial charge in [0.1, 0.15) is 12.4 Å². The van der Waals surface area contributed by atoms with E-state index in [1.807, 2.05) is 59.6 Å². The Morgan fingerprint density at radius 3 is 2.18 bits per heavy atom. The minimum Gasteiger partial charge on any atom is -0.508 e. The third kappa shape index (κ3) is 13.0. The van der Waals surface area contributed by atoms with Crippen molar-refractivity contribution in [3.8, 4) is 16.9 Å². The number of phenols is 1. The van der Waals surface area contributed by atoms with Gasteiger partial charge < -0.3 is 30.3 Å². The fraction of sp³-hybridized carbons (Fsp3) is 0.462. The van der Waals surface area contributed by atoms with Gasteiger partial charge in [-0.2, -0.15) is 0 Å². The third-order valence-electron chi connectivity index (χ3n) is 8.84. The molecule has 0 aromatic heterocycles. The third-order valence-corrected chi connectivity index (χ3v) is 8.84. The van der Waals surface area contributed by atoms with Gasteiger partial charge in [0.15, 0.2) is 0 Å². The Morgan fingerprint density at radius 2 is 1.47 bits per heavy atom. The van der Waals surface area contributed by atoms with Crippen LogP contribution in [0.25, 0.3) is 11.1 Å². The van der Waals surface area contributed by atoms with Crippen molar-refractivity contribution >= 4 is 23.6 Å². The number of carbonyl (C=O) groups is 3. The molecule has 12 heteroatoms. The molecule has 276 valence electrons. The van der Waals surface area contributed by atoms with Gasteiger partial charge in [-0.05, 0) is 61.4 Å². The molecular formula is C39H53N5O7. The fourth-order valence-electron chi connectivity index (χ4n) is 6.13. The summed E-state index contributed by atoms with van der Waals surface area (Å²) < 4.78 is 5.68. The summed E-state index contributed by atoms with van der Waals surface area (Å²) in [5.74, 6) is -0.165. The number of aromatic hydroxyl groups is 1. The summed E-state index contributed by atoms with van der Waals surface area (Å²) in [6.45, 7) is 3.21. The van der Waals surface area contributed by atoms with Crippen LogP contribution < -0.4 is 10.3 Å². The van der Waals surface area contributed by atoms with E-state index in [1.54, 1.807) is 39.1 Å². The SMILES string of the molecule is O=C(CCOC(=O)N(c1ccccc1-c1ccccc1)N1CCCCC1)NCCCCCN(Cc1ccc(O)cc1)C(=O)CN(CCO)CCO. The number of benzene rings is 3. The molecule has 3 amide bonds. The minimum atomic E-state index is -0.504. The maximum absolute atomic E-state index is 13.6. The zero-order valence-corrected chi connectivity index (χ0v) is 29.5. The summed E-state index contributed by atoms with van der Waals surface area (Å²) in [5, 5.41) is 34.9. The monoisotopic (exact) mass is 703 g/mol. The van der Waals surface area contributed by atoms with Crippen molar-refractivity contribution < 1.29 is 34.4 Å². The lowest BCUT2D eigenvalue weighted by atomic mass is 10.0. The Bertz CT molecular complexity index is 1480. The highest BCUT2D eigenvalue weighted by molar-refractivity contribution is 5.93. The van der Waals surface area contributed by atoms with Crippen LogP contribution in [0.5, 0.6) is 5.75 Å². The van der Waals surface area contributed by atoms with Crippen LogP contribution in [0.2, 0.25) is 0 Å². The number of hydrazine groups is 1. The minimum absolute atomic E-state index is 0.0412.